The Hall–Kier alpha value is -2.34. The molecule has 0 amide bonds. The van der Waals surface area contributed by atoms with E-state index in [1.54, 1.807) is 0 Å². The van der Waals surface area contributed by atoms with Gasteiger partial charge >= 0.3 is 0 Å². The molecule has 0 aliphatic carbocycles. The van der Waals surface area contributed by atoms with Crippen molar-refractivity contribution in [2.24, 2.45) is 0 Å². The second-order valence-electron chi connectivity index (χ2n) is 4.50. The van der Waals surface area contributed by atoms with E-state index in [2.05, 4.69) is 26.1 Å². The van der Waals surface area contributed by atoms with Crippen LogP contribution < -0.4 is 9.47 Å². The molecule has 1 aliphatic heterocycles. The van der Waals surface area contributed by atoms with Gasteiger partial charge in [-0.3, -0.25) is 0 Å². The third kappa shape index (κ3) is 2.27. The Kier molecular flexibility index (Phi) is 2.89. The maximum Gasteiger partial charge on any atom is 0.258 e. The lowest BCUT2D eigenvalue weighted by Gasteiger charge is -1.97. The number of hydrogen-bond donors (Lipinski definition) is 0. The van der Waals surface area contributed by atoms with Crippen molar-refractivity contribution in [3.8, 4) is 34.3 Å². The van der Waals surface area contributed by atoms with Gasteiger partial charge in [-0.05, 0) is 30.3 Å². The molecule has 0 atom stereocenters. The molecule has 4 rings (SSSR count). The molecule has 1 aliphatic rings. The molecule has 0 radical (unpaired) electrons. The first-order valence-corrected chi connectivity index (χ1v) is 7.08. The van der Waals surface area contributed by atoms with E-state index in [0.717, 1.165) is 21.3 Å². The number of fused-ring (bicyclic) bond motifs is 1. The van der Waals surface area contributed by atoms with Crippen molar-refractivity contribution in [2.45, 2.75) is 0 Å². The zero-order chi connectivity index (χ0) is 14.2. The van der Waals surface area contributed by atoms with E-state index in [9.17, 15) is 0 Å². The fourth-order valence-electron chi connectivity index (χ4n) is 2.12. The van der Waals surface area contributed by atoms with Crippen LogP contribution in [0.2, 0.25) is 0 Å². The second kappa shape index (κ2) is 4.89. The van der Waals surface area contributed by atoms with Crippen molar-refractivity contribution >= 4 is 15.9 Å². The Morgan fingerprint density at radius 3 is 2.76 bits per heavy atom. The van der Waals surface area contributed by atoms with E-state index in [1.807, 2.05) is 42.5 Å². The summed E-state index contributed by atoms with van der Waals surface area (Å²) in [5, 5.41) is 4.02. The van der Waals surface area contributed by atoms with Crippen LogP contribution in [0.5, 0.6) is 11.5 Å². The average molecular weight is 345 g/mol. The van der Waals surface area contributed by atoms with Gasteiger partial charge in [0.25, 0.3) is 5.89 Å². The van der Waals surface area contributed by atoms with Crippen LogP contribution in [0.15, 0.2) is 51.5 Å². The number of ether oxygens (including phenoxy) is 2. The van der Waals surface area contributed by atoms with E-state index in [0.29, 0.717) is 17.5 Å². The van der Waals surface area contributed by atoms with Gasteiger partial charge in [0.1, 0.15) is 0 Å². The smallest absolute Gasteiger partial charge is 0.258 e. The van der Waals surface area contributed by atoms with Crippen LogP contribution in [0.3, 0.4) is 0 Å². The van der Waals surface area contributed by atoms with Crippen LogP contribution >= 0.6 is 15.9 Å². The fraction of sp³-hybridized carbons (Fsp3) is 0.0667. The van der Waals surface area contributed by atoms with Gasteiger partial charge in [0.2, 0.25) is 12.6 Å². The summed E-state index contributed by atoms with van der Waals surface area (Å²) in [5.41, 5.74) is 1.69. The van der Waals surface area contributed by atoms with Crippen molar-refractivity contribution in [3.05, 3.63) is 46.9 Å². The Balaban J connectivity index is 1.71. The Bertz CT molecular complexity index is 816. The molecule has 3 aromatic rings. The zero-order valence-corrected chi connectivity index (χ0v) is 12.3. The molecule has 0 N–H and O–H groups in total. The number of nitrogens with zero attached hydrogens (tertiary/aromatic N) is 2. The number of benzene rings is 2. The maximum atomic E-state index is 5.35. The van der Waals surface area contributed by atoms with Crippen molar-refractivity contribution in [2.75, 3.05) is 6.79 Å². The highest BCUT2D eigenvalue weighted by atomic mass is 79.9. The monoisotopic (exact) mass is 344 g/mol. The van der Waals surface area contributed by atoms with Crippen LogP contribution in [-0.4, -0.2) is 16.9 Å². The summed E-state index contributed by atoms with van der Waals surface area (Å²) >= 11 is 3.43. The third-order valence-electron chi connectivity index (χ3n) is 3.13. The second-order valence-corrected chi connectivity index (χ2v) is 5.42. The molecule has 6 heteroatoms. The summed E-state index contributed by atoms with van der Waals surface area (Å²) < 4.78 is 16.9. The lowest BCUT2D eigenvalue weighted by atomic mass is 10.2. The normalized spacial score (nSPS) is 12.6. The van der Waals surface area contributed by atoms with Crippen LogP contribution in [0.25, 0.3) is 22.8 Å². The highest BCUT2D eigenvalue weighted by Crippen LogP contribution is 2.35. The summed E-state index contributed by atoms with van der Waals surface area (Å²) in [7, 11) is 0. The van der Waals surface area contributed by atoms with Gasteiger partial charge in [0, 0.05) is 15.6 Å². The van der Waals surface area contributed by atoms with Gasteiger partial charge in [-0.15, -0.1) is 0 Å². The zero-order valence-electron chi connectivity index (χ0n) is 10.7. The van der Waals surface area contributed by atoms with Crippen molar-refractivity contribution in [1.82, 2.24) is 10.1 Å². The van der Waals surface area contributed by atoms with Gasteiger partial charge in [-0.2, -0.15) is 4.98 Å². The number of hydrogen-bond acceptors (Lipinski definition) is 5. The van der Waals surface area contributed by atoms with E-state index in [1.165, 1.54) is 0 Å². The molecule has 21 heavy (non-hydrogen) atoms. The van der Waals surface area contributed by atoms with Gasteiger partial charge in [-0.25, -0.2) is 0 Å². The van der Waals surface area contributed by atoms with Crippen molar-refractivity contribution in [3.63, 3.8) is 0 Å². The molecule has 5 nitrogen and oxygen atoms in total. The first-order valence-electron chi connectivity index (χ1n) is 6.29. The van der Waals surface area contributed by atoms with Crippen LogP contribution in [0.1, 0.15) is 0 Å². The lowest BCUT2D eigenvalue weighted by molar-refractivity contribution is 0.174. The molecular weight excluding hydrogens is 336 g/mol. The van der Waals surface area contributed by atoms with Crippen molar-refractivity contribution in [1.29, 1.82) is 0 Å². The first kappa shape index (κ1) is 12.4. The SMILES string of the molecule is Brc1cccc(-c2noc(-c3ccc4c(c3)OCO4)n2)c1. The van der Waals surface area contributed by atoms with Gasteiger partial charge in [0.15, 0.2) is 11.5 Å². The highest BCUT2D eigenvalue weighted by Gasteiger charge is 2.17. The molecule has 2 aromatic carbocycles. The molecule has 0 unspecified atom stereocenters. The summed E-state index contributed by atoms with van der Waals surface area (Å²) in [4.78, 5) is 4.42. The summed E-state index contributed by atoms with van der Waals surface area (Å²) in [6, 6.07) is 13.3. The Morgan fingerprint density at radius 2 is 1.86 bits per heavy atom. The number of aromatic nitrogens is 2. The van der Waals surface area contributed by atoms with Crippen molar-refractivity contribution < 1.29 is 14.0 Å². The molecule has 0 bridgehead atoms. The number of halogens is 1. The van der Waals surface area contributed by atoms with Gasteiger partial charge in [-0.1, -0.05) is 33.2 Å². The summed E-state index contributed by atoms with van der Waals surface area (Å²) in [6.07, 6.45) is 0. The minimum absolute atomic E-state index is 0.242. The molecule has 104 valence electrons. The topological polar surface area (TPSA) is 57.4 Å². The Morgan fingerprint density at radius 1 is 0.952 bits per heavy atom. The van der Waals surface area contributed by atoms with Crippen LogP contribution in [0, 0.1) is 0 Å². The van der Waals surface area contributed by atoms with E-state index in [-0.39, 0.29) is 6.79 Å². The largest absolute Gasteiger partial charge is 0.454 e. The van der Waals surface area contributed by atoms with E-state index in [4.69, 9.17) is 14.0 Å². The molecule has 0 fully saturated rings. The van der Waals surface area contributed by atoms with E-state index < -0.39 is 0 Å². The first-order chi connectivity index (χ1) is 10.3. The van der Waals surface area contributed by atoms with E-state index >= 15 is 0 Å². The van der Waals surface area contributed by atoms with Crippen LogP contribution in [0.4, 0.5) is 0 Å². The quantitative estimate of drug-likeness (QED) is 0.705. The molecule has 1 aromatic heterocycles. The minimum Gasteiger partial charge on any atom is -0.454 e. The maximum absolute atomic E-state index is 5.35. The van der Waals surface area contributed by atoms with Gasteiger partial charge in [0.05, 0.1) is 0 Å². The fourth-order valence-corrected chi connectivity index (χ4v) is 2.51. The van der Waals surface area contributed by atoms with Gasteiger partial charge < -0.3 is 14.0 Å². The minimum atomic E-state index is 0.242. The molecule has 0 spiro atoms. The Labute approximate surface area is 128 Å². The number of rotatable bonds is 2. The lowest BCUT2D eigenvalue weighted by Crippen LogP contribution is -1.92. The molecule has 0 saturated carbocycles. The molecular formula is C15H9BrN2O3. The third-order valence-corrected chi connectivity index (χ3v) is 3.62. The molecule has 0 saturated heterocycles. The standard InChI is InChI=1S/C15H9BrN2O3/c16-11-3-1-2-9(6-11)14-17-15(21-18-14)10-4-5-12-13(7-10)20-8-19-12/h1-7H,8H2. The van der Waals surface area contributed by atoms with Crippen LogP contribution in [-0.2, 0) is 0 Å². The predicted molar refractivity (Wildman–Crippen MR) is 79.0 cm³/mol. The highest BCUT2D eigenvalue weighted by molar-refractivity contribution is 9.10. The summed E-state index contributed by atoms with van der Waals surface area (Å²) in [6.45, 7) is 0.242. The summed E-state index contributed by atoms with van der Waals surface area (Å²) in [5.74, 6) is 2.41. The molecule has 2 heterocycles. The average Bonchev–Trinajstić information content (AvgIpc) is 3.15. The predicted octanol–water partition coefficient (Wildman–Crippen LogP) is 3.89.